The Morgan fingerprint density at radius 2 is 2.26 bits per heavy atom. The van der Waals surface area contributed by atoms with Crippen molar-refractivity contribution in [2.75, 3.05) is 5.32 Å². The predicted octanol–water partition coefficient (Wildman–Crippen LogP) is 2.54. The number of anilines is 1. The summed E-state index contributed by atoms with van der Waals surface area (Å²) in [5, 5.41) is 15.1. The summed E-state index contributed by atoms with van der Waals surface area (Å²) < 4.78 is 1.88. The summed E-state index contributed by atoms with van der Waals surface area (Å²) in [6.45, 7) is 4.86. The minimum absolute atomic E-state index is 0.680. The van der Waals surface area contributed by atoms with Crippen molar-refractivity contribution in [1.82, 2.24) is 19.8 Å². The van der Waals surface area contributed by atoms with Gasteiger partial charge in [-0.05, 0) is 31.5 Å². The second kappa shape index (κ2) is 4.76. The Kier molecular flexibility index (Phi) is 2.95. The number of nitrogens with zero attached hydrogens (tertiary/aromatic N) is 3. The maximum atomic E-state index is 4.51. The Hall–Kier alpha value is -2.30. The number of aromatic nitrogens is 4. The molecule has 0 saturated carbocycles. The summed E-state index contributed by atoms with van der Waals surface area (Å²) in [6, 6.07) is 8.12. The average molecular weight is 255 g/mol. The van der Waals surface area contributed by atoms with Crippen LogP contribution in [0.2, 0.25) is 0 Å². The normalized spacial score (nSPS) is 11.1. The van der Waals surface area contributed by atoms with Crippen LogP contribution in [0, 0.1) is 6.92 Å². The molecule has 0 amide bonds. The molecule has 0 radical (unpaired) electrons. The number of rotatable bonds is 4. The molecule has 0 unspecified atom stereocenters. The number of H-pyrrole nitrogens is 1. The summed E-state index contributed by atoms with van der Waals surface area (Å²) in [4.78, 5) is 0. The van der Waals surface area contributed by atoms with E-state index in [2.05, 4.69) is 33.6 Å². The van der Waals surface area contributed by atoms with Crippen LogP contribution in [0.1, 0.15) is 23.9 Å². The first-order valence-electron chi connectivity index (χ1n) is 6.49. The Labute approximate surface area is 111 Å². The fourth-order valence-electron chi connectivity index (χ4n) is 2.28. The molecule has 0 spiro atoms. The lowest BCUT2D eigenvalue weighted by molar-refractivity contribution is 0.897. The van der Waals surface area contributed by atoms with Crippen molar-refractivity contribution < 1.29 is 0 Å². The van der Waals surface area contributed by atoms with E-state index >= 15 is 0 Å². The number of aryl methyl sites for hydroxylation is 1. The number of aromatic amines is 1. The van der Waals surface area contributed by atoms with Crippen molar-refractivity contribution in [2.45, 2.75) is 26.8 Å². The highest BCUT2D eigenvalue weighted by molar-refractivity contribution is 5.49. The summed E-state index contributed by atoms with van der Waals surface area (Å²) in [5.41, 5.74) is 4.48. The Bertz CT molecular complexity index is 662. The number of pyridine rings is 1. The molecule has 0 saturated heterocycles. The third-order valence-electron chi connectivity index (χ3n) is 3.29. The SMILES string of the molecule is CCc1c(NCc2cc3ccccn3n2)n[nH]c1C. The molecule has 0 bridgehead atoms. The Morgan fingerprint density at radius 3 is 3.05 bits per heavy atom. The third kappa shape index (κ3) is 2.19. The zero-order chi connectivity index (χ0) is 13.2. The van der Waals surface area contributed by atoms with Crippen LogP contribution in [0.5, 0.6) is 0 Å². The zero-order valence-electron chi connectivity index (χ0n) is 11.1. The second-order valence-corrected chi connectivity index (χ2v) is 4.59. The first kappa shape index (κ1) is 11.8. The maximum Gasteiger partial charge on any atom is 0.151 e. The molecule has 3 heterocycles. The van der Waals surface area contributed by atoms with Gasteiger partial charge in [0.25, 0.3) is 0 Å². The molecule has 0 aliphatic rings. The summed E-state index contributed by atoms with van der Waals surface area (Å²) in [6.07, 6.45) is 2.92. The van der Waals surface area contributed by atoms with E-state index in [-0.39, 0.29) is 0 Å². The summed E-state index contributed by atoms with van der Waals surface area (Å²) in [5.74, 6) is 0.928. The van der Waals surface area contributed by atoms with Crippen molar-refractivity contribution in [3.8, 4) is 0 Å². The van der Waals surface area contributed by atoms with E-state index in [9.17, 15) is 0 Å². The molecule has 2 N–H and O–H groups in total. The highest BCUT2D eigenvalue weighted by Gasteiger charge is 2.08. The first-order valence-corrected chi connectivity index (χ1v) is 6.49. The molecule has 19 heavy (non-hydrogen) atoms. The van der Waals surface area contributed by atoms with Gasteiger partial charge in [-0.25, -0.2) is 4.52 Å². The van der Waals surface area contributed by atoms with Crippen molar-refractivity contribution in [2.24, 2.45) is 0 Å². The van der Waals surface area contributed by atoms with E-state index in [4.69, 9.17) is 0 Å². The zero-order valence-corrected chi connectivity index (χ0v) is 11.1. The van der Waals surface area contributed by atoms with Crippen LogP contribution in [0.3, 0.4) is 0 Å². The number of nitrogens with one attached hydrogen (secondary N) is 2. The molecule has 5 nitrogen and oxygen atoms in total. The van der Waals surface area contributed by atoms with Gasteiger partial charge in [0, 0.05) is 17.5 Å². The van der Waals surface area contributed by atoms with E-state index in [1.807, 2.05) is 35.8 Å². The van der Waals surface area contributed by atoms with E-state index in [1.165, 1.54) is 5.56 Å². The van der Waals surface area contributed by atoms with Gasteiger partial charge in [-0.2, -0.15) is 10.2 Å². The fourth-order valence-corrected chi connectivity index (χ4v) is 2.28. The van der Waals surface area contributed by atoms with Crippen LogP contribution in [0.25, 0.3) is 5.52 Å². The lowest BCUT2D eigenvalue weighted by Crippen LogP contribution is -2.02. The quantitative estimate of drug-likeness (QED) is 0.753. The van der Waals surface area contributed by atoms with E-state index in [0.717, 1.165) is 29.1 Å². The van der Waals surface area contributed by atoms with Gasteiger partial charge in [0.05, 0.1) is 17.8 Å². The molecular weight excluding hydrogens is 238 g/mol. The second-order valence-electron chi connectivity index (χ2n) is 4.59. The lowest BCUT2D eigenvalue weighted by Gasteiger charge is -2.02. The van der Waals surface area contributed by atoms with E-state index in [0.29, 0.717) is 6.54 Å². The first-order chi connectivity index (χ1) is 9.28. The van der Waals surface area contributed by atoms with E-state index < -0.39 is 0 Å². The van der Waals surface area contributed by atoms with Crippen molar-refractivity contribution >= 4 is 11.3 Å². The summed E-state index contributed by atoms with van der Waals surface area (Å²) >= 11 is 0. The van der Waals surface area contributed by atoms with Crippen molar-refractivity contribution in [3.05, 3.63) is 47.4 Å². The molecule has 0 aliphatic carbocycles. The highest BCUT2D eigenvalue weighted by Crippen LogP contribution is 2.17. The van der Waals surface area contributed by atoms with Gasteiger partial charge >= 0.3 is 0 Å². The van der Waals surface area contributed by atoms with E-state index in [1.54, 1.807) is 0 Å². The fraction of sp³-hybridized carbons (Fsp3) is 0.286. The van der Waals surface area contributed by atoms with Crippen LogP contribution in [-0.2, 0) is 13.0 Å². The Morgan fingerprint density at radius 1 is 1.37 bits per heavy atom. The third-order valence-corrected chi connectivity index (χ3v) is 3.29. The van der Waals surface area contributed by atoms with Gasteiger partial charge in [0.1, 0.15) is 0 Å². The summed E-state index contributed by atoms with van der Waals surface area (Å²) in [7, 11) is 0. The maximum absolute atomic E-state index is 4.51. The molecule has 98 valence electrons. The van der Waals surface area contributed by atoms with Gasteiger partial charge in [0.15, 0.2) is 5.82 Å². The number of fused-ring (bicyclic) bond motifs is 1. The van der Waals surface area contributed by atoms with Gasteiger partial charge in [0.2, 0.25) is 0 Å². The predicted molar refractivity (Wildman–Crippen MR) is 75.2 cm³/mol. The molecule has 0 aliphatic heterocycles. The van der Waals surface area contributed by atoms with Crippen LogP contribution in [-0.4, -0.2) is 19.8 Å². The van der Waals surface area contributed by atoms with Crippen LogP contribution >= 0.6 is 0 Å². The highest BCUT2D eigenvalue weighted by atomic mass is 15.2. The molecule has 3 aromatic heterocycles. The minimum atomic E-state index is 0.680. The number of hydrogen-bond acceptors (Lipinski definition) is 3. The van der Waals surface area contributed by atoms with Crippen LogP contribution < -0.4 is 5.32 Å². The monoisotopic (exact) mass is 255 g/mol. The van der Waals surface area contributed by atoms with Crippen LogP contribution in [0.15, 0.2) is 30.5 Å². The molecule has 3 rings (SSSR count). The largest absolute Gasteiger partial charge is 0.363 e. The standard InChI is InChI=1S/C14H17N5/c1-3-13-10(2)16-17-14(13)15-9-11-8-12-6-4-5-7-19(12)18-11/h4-8H,3,9H2,1-2H3,(H2,15,16,17). The van der Waals surface area contributed by atoms with Gasteiger partial charge < -0.3 is 5.32 Å². The van der Waals surface area contributed by atoms with Gasteiger partial charge in [-0.15, -0.1) is 0 Å². The van der Waals surface area contributed by atoms with Crippen LogP contribution in [0.4, 0.5) is 5.82 Å². The molecule has 5 heteroatoms. The van der Waals surface area contributed by atoms with Gasteiger partial charge in [-0.3, -0.25) is 5.10 Å². The molecule has 3 aromatic rings. The molecular formula is C14H17N5. The Balaban J connectivity index is 1.78. The topological polar surface area (TPSA) is 58.0 Å². The molecule has 0 atom stereocenters. The molecule has 0 aromatic carbocycles. The average Bonchev–Trinajstić information content (AvgIpc) is 2.99. The van der Waals surface area contributed by atoms with Crippen molar-refractivity contribution in [1.29, 1.82) is 0 Å². The van der Waals surface area contributed by atoms with Crippen molar-refractivity contribution in [3.63, 3.8) is 0 Å². The molecule has 0 fully saturated rings. The smallest absolute Gasteiger partial charge is 0.151 e. The minimum Gasteiger partial charge on any atom is -0.363 e. The van der Waals surface area contributed by atoms with Gasteiger partial charge in [-0.1, -0.05) is 13.0 Å². The lowest BCUT2D eigenvalue weighted by atomic mass is 10.2. The number of hydrogen-bond donors (Lipinski definition) is 2.